The van der Waals surface area contributed by atoms with E-state index in [-0.39, 0.29) is 12.6 Å². The van der Waals surface area contributed by atoms with E-state index in [4.69, 9.17) is 9.47 Å². The maximum atomic E-state index is 11.9. The smallest absolute Gasteiger partial charge is 0.329 e. The summed E-state index contributed by atoms with van der Waals surface area (Å²) in [7, 11) is 1.72. The lowest BCUT2D eigenvalue weighted by Crippen LogP contribution is -2.53. The van der Waals surface area contributed by atoms with E-state index in [2.05, 4.69) is 12.2 Å². The summed E-state index contributed by atoms with van der Waals surface area (Å²) in [6, 6.07) is 7.88. The van der Waals surface area contributed by atoms with Crippen molar-refractivity contribution < 1.29 is 14.3 Å². The van der Waals surface area contributed by atoms with Gasteiger partial charge in [-0.25, -0.2) is 4.79 Å². The largest absolute Gasteiger partial charge is 0.491 e. The van der Waals surface area contributed by atoms with E-state index in [9.17, 15) is 4.79 Å². The molecule has 1 aromatic carbocycles. The molecule has 1 atom stereocenters. The van der Waals surface area contributed by atoms with Crippen LogP contribution in [0.4, 0.5) is 0 Å². The summed E-state index contributed by atoms with van der Waals surface area (Å²) in [4.78, 5) is 11.9. The van der Waals surface area contributed by atoms with E-state index in [1.807, 2.05) is 24.3 Å². The molecule has 4 heteroatoms. The van der Waals surface area contributed by atoms with Gasteiger partial charge in [-0.15, -0.1) is 0 Å². The molecule has 1 N–H and O–H groups in total. The number of aryl methyl sites for hydroxylation is 1. The summed E-state index contributed by atoms with van der Waals surface area (Å²) in [5, 5.41) is 2.96. The number of carbonyl (C=O) groups excluding carboxylic acids is 1. The first-order valence-electron chi connectivity index (χ1n) is 6.63. The standard InChI is InChI=1S/C15H23NO3/c1-5-12-7-9-13(10-8-12)19-11-15(3,16-4)14(17)18-6-2/h7-10,16H,5-6,11H2,1-4H3. The van der Waals surface area contributed by atoms with Gasteiger partial charge in [0.05, 0.1) is 6.61 Å². The molecule has 0 aromatic heterocycles. The van der Waals surface area contributed by atoms with Crippen LogP contribution in [0.2, 0.25) is 0 Å². The average Bonchev–Trinajstić information content (AvgIpc) is 2.45. The molecule has 0 aliphatic heterocycles. The Kier molecular flexibility index (Phi) is 5.83. The summed E-state index contributed by atoms with van der Waals surface area (Å²) in [6.07, 6.45) is 0.997. The third-order valence-electron chi connectivity index (χ3n) is 3.14. The van der Waals surface area contributed by atoms with Gasteiger partial charge in [-0.3, -0.25) is 0 Å². The van der Waals surface area contributed by atoms with E-state index in [0.717, 1.165) is 12.2 Å². The SMILES string of the molecule is CCOC(=O)C(C)(COc1ccc(CC)cc1)NC. The molecule has 0 saturated carbocycles. The molecule has 0 amide bonds. The van der Waals surface area contributed by atoms with Crippen LogP contribution in [0.1, 0.15) is 26.3 Å². The Morgan fingerprint density at radius 1 is 1.26 bits per heavy atom. The van der Waals surface area contributed by atoms with E-state index < -0.39 is 5.54 Å². The van der Waals surface area contributed by atoms with E-state index >= 15 is 0 Å². The number of hydrogen-bond donors (Lipinski definition) is 1. The van der Waals surface area contributed by atoms with Crippen LogP contribution in [-0.4, -0.2) is 31.8 Å². The second-order valence-corrected chi connectivity index (χ2v) is 4.59. The van der Waals surface area contributed by atoms with Gasteiger partial charge in [0.2, 0.25) is 0 Å². The van der Waals surface area contributed by atoms with Crippen LogP contribution < -0.4 is 10.1 Å². The number of carbonyl (C=O) groups is 1. The van der Waals surface area contributed by atoms with Crippen molar-refractivity contribution in [3.63, 3.8) is 0 Å². The fourth-order valence-electron chi connectivity index (χ4n) is 1.57. The molecular formula is C15H23NO3. The number of likely N-dealkylation sites (N-methyl/N-ethyl adjacent to an activating group) is 1. The van der Waals surface area contributed by atoms with Crippen LogP contribution in [0.25, 0.3) is 0 Å². The van der Waals surface area contributed by atoms with Gasteiger partial charge in [0, 0.05) is 0 Å². The van der Waals surface area contributed by atoms with Crippen molar-refractivity contribution >= 4 is 5.97 Å². The first kappa shape index (κ1) is 15.5. The van der Waals surface area contributed by atoms with Crippen molar-refractivity contribution in [1.82, 2.24) is 5.32 Å². The molecule has 0 fully saturated rings. The Bertz CT molecular complexity index is 402. The van der Waals surface area contributed by atoms with Gasteiger partial charge in [-0.05, 0) is 45.0 Å². The Morgan fingerprint density at radius 2 is 1.89 bits per heavy atom. The number of esters is 1. The molecular weight excluding hydrogens is 242 g/mol. The van der Waals surface area contributed by atoms with Crippen molar-refractivity contribution in [1.29, 1.82) is 0 Å². The highest BCUT2D eigenvalue weighted by molar-refractivity contribution is 5.80. The fraction of sp³-hybridized carbons (Fsp3) is 0.533. The van der Waals surface area contributed by atoms with Gasteiger partial charge in [-0.1, -0.05) is 19.1 Å². The van der Waals surface area contributed by atoms with Crippen LogP contribution in [0, 0.1) is 0 Å². The monoisotopic (exact) mass is 265 g/mol. The summed E-state index contributed by atoms with van der Waals surface area (Å²) < 4.78 is 10.7. The van der Waals surface area contributed by atoms with Crippen LogP contribution in [0.5, 0.6) is 5.75 Å². The fourth-order valence-corrected chi connectivity index (χ4v) is 1.57. The van der Waals surface area contributed by atoms with Gasteiger partial charge >= 0.3 is 5.97 Å². The van der Waals surface area contributed by atoms with Crippen molar-refractivity contribution in [2.45, 2.75) is 32.7 Å². The highest BCUT2D eigenvalue weighted by atomic mass is 16.5. The minimum atomic E-state index is -0.834. The highest BCUT2D eigenvalue weighted by Gasteiger charge is 2.34. The topological polar surface area (TPSA) is 47.6 Å². The molecule has 0 heterocycles. The number of hydrogen-bond acceptors (Lipinski definition) is 4. The Labute approximate surface area is 115 Å². The van der Waals surface area contributed by atoms with Crippen molar-refractivity contribution in [3.8, 4) is 5.75 Å². The normalized spacial score (nSPS) is 13.7. The van der Waals surface area contributed by atoms with Crippen molar-refractivity contribution in [2.75, 3.05) is 20.3 Å². The molecule has 0 spiro atoms. The first-order chi connectivity index (χ1) is 9.05. The van der Waals surface area contributed by atoms with Gasteiger partial charge in [0.1, 0.15) is 17.9 Å². The summed E-state index contributed by atoms with van der Waals surface area (Å²) >= 11 is 0. The van der Waals surface area contributed by atoms with Crippen LogP contribution >= 0.6 is 0 Å². The molecule has 0 radical (unpaired) electrons. The number of ether oxygens (including phenoxy) is 2. The number of rotatable bonds is 7. The van der Waals surface area contributed by atoms with Gasteiger partial charge in [0.15, 0.2) is 0 Å². The zero-order chi connectivity index (χ0) is 14.3. The quantitative estimate of drug-likeness (QED) is 0.768. The third kappa shape index (κ3) is 4.24. The van der Waals surface area contributed by atoms with E-state index in [0.29, 0.717) is 6.61 Å². The lowest BCUT2D eigenvalue weighted by atomic mass is 10.1. The zero-order valence-corrected chi connectivity index (χ0v) is 12.2. The summed E-state index contributed by atoms with van der Waals surface area (Å²) in [6.45, 7) is 6.26. The predicted molar refractivity (Wildman–Crippen MR) is 75.4 cm³/mol. The van der Waals surface area contributed by atoms with E-state index in [1.54, 1.807) is 20.9 Å². The molecule has 0 aliphatic carbocycles. The number of nitrogens with one attached hydrogen (secondary N) is 1. The Hall–Kier alpha value is -1.55. The van der Waals surface area contributed by atoms with Gasteiger partial charge in [-0.2, -0.15) is 0 Å². The maximum Gasteiger partial charge on any atom is 0.329 e. The first-order valence-corrected chi connectivity index (χ1v) is 6.63. The lowest BCUT2D eigenvalue weighted by molar-refractivity contribution is -0.151. The minimum Gasteiger partial charge on any atom is -0.491 e. The molecule has 0 bridgehead atoms. The van der Waals surface area contributed by atoms with E-state index in [1.165, 1.54) is 5.56 Å². The minimum absolute atomic E-state index is 0.230. The third-order valence-corrected chi connectivity index (χ3v) is 3.14. The molecule has 1 unspecified atom stereocenters. The van der Waals surface area contributed by atoms with Gasteiger partial charge < -0.3 is 14.8 Å². The number of benzene rings is 1. The molecule has 1 rings (SSSR count). The molecule has 4 nitrogen and oxygen atoms in total. The second-order valence-electron chi connectivity index (χ2n) is 4.59. The molecule has 106 valence electrons. The molecule has 19 heavy (non-hydrogen) atoms. The Balaban J connectivity index is 2.63. The molecule has 1 aromatic rings. The van der Waals surface area contributed by atoms with Gasteiger partial charge in [0.25, 0.3) is 0 Å². The predicted octanol–water partition coefficient (Wildman–Crippen LogP) is 2.17. The zero-order valence-electron chi connectivity index (χ0n) is 12.2. The van der Waals surface area contributed by atoms with Crippen molar-refractivity contribution in [3.05, 3.63) is 29.8 Å². The molecule has 0 aliphatic rings. The second kappa shape index (κ2) is 7.14. The maximum absolute atomic E-state index is 11.9. The van der Waals surface area contributed by atoms with Crippen molar-refractivity contribution in [2.24, 2.45) is 0 Å². The summed E-state index contributed by atoms with van der Waals surface area (Å²) in [5.41, 5.74) is 0.425. The van der Waals surface area contributed by atoms with Crippen LogP contribution in [0.3, 0.4) is 0 Å². The van der Waals surface area contributed by atoms with Crippen LogP contribution in [-0.2, 0) is 16.0 Å². The summed E-state index contributed by atoms with van der Waals surface area (Å²) in [5.74, 6) is 0.450. The lowest BCUT2D eigenvalue weighted by Gasteiger charge is -2.26. The highest BCUT2D eigenvalue weighted by Crippen LogP contribution is 2.15. The molecule has 0 saturated heterocycles. The Morgan fingerprint density at radius 3 is 2.37 bits per heavy atom. The van der Waals surface area contributed by atoms with Crippen LogP contribution in [0.15, 0.2) is 24.3 Å². The average molecular weight is 265 g/mol.